The first-order valence-electron chi connectivity index (χ1n) is 8.70. The molecular formula is C20H25FN4O. The molecule has 0 saturated heterocycles. The summed E-state index contributed by atoms with van der Waals surface area (Å²) in [6, 6.07) is 13.8. The molecule has 0 unspecified atom stereocenters. The molecule has 0 aliphatic carbocycles. The Labute approximate surface area is 153 Å². The van der Waals surface area contributed by atoms with E-state index in [9.17, 15) is 9.18 Å². The number of guanidine groups is 1. The van der Waals surface area contributed by atoms with Gasteiger partial charge in [-0.2, -0.15) is 0 Å². The maximum absolute atomic E-state index is 12.9. The number of nitrogens with zero attached hydrogens (tertiary/aromatic N) is 1. The Morgan fingerprint density at radius 1 is 1.04 bits per heavy atom. The number of aryl methyl sites for hydroxylation is 1. The average Bonchev–Trinajstić information content (AvgIpc) is 2.64. The van der Waals surface area contributed by atoms with Crippen molar-refractivity contribution in [1.29, 1.82) is 0 Å². The smallest absolute Gasteiger partial charge is 0.251 e. The number of hydrogen-bond donors (Lipinski definition) is 3. The number of carbonyl (C=O) groups excluding carboxylic acids is 1. The summed E-state index contributed by atoms with van der Waals surface area (Å²) < 4.78 is 12.9. The molecule has 2 aromatic rings. The number of hydrogen-bond acceptors (Lipinski definition) is 2. The summed E-state index contributed by atoms with van der Waals surface area (Å²) in [6.45, 7) is 6.14. The van der Waals surface area contributed by atoms with E-state index >= 15 is 0 Å². The van der Waals surface area contributed by atoms with E-state index in [1.807, 2.05) is 32.0 Å². The molecule has 138 valence electrons. The van der Waals surface area contributed by atoms with Gasteiger partial charge in [0.1, 0.15) is 5.82 Å². The van der Waals surface area contributed by atoms with Gasteiger partial charge in [0.2, 0.25) is 0 Å². The van der Waals surface area contributed by atoms with Crippen LogP contribution in [0.25, 0.3) is 0 Å². The zero-order valence-corrected chi connectivity index (χ0v) is 15.2. The Kier molecular flexibility index (Phi) is 7.61. The third kappa shape index (κ3) is 6.55. The van der Waals surface area contributed by atoms with Crippen molar-refractivity contribution in [1.82, 2.24) is 16.0 Å². The summed E-state index contributed by atoms with van der Waals surface area (Å²) in [5.41, 5.74) is 2.64. The maximum Gasteiger partial charge on any atom is 0.251 e. The predicted octanol–water partition coefficient (Wildman–Crippen LogP) is 2.62. The van der Waals surface area contributed by atoms with E-state index in [0.717, 1.165) is 17.7 Å². The lowest BCUT2D eigenvalue weighted by atomic mass is 10.1. The maximum atomic E-state index is 12.9. The van der Waals surface area contributed by atoms with Crippen LogP contribution in [0.5, 0.6) is 0 Å². The standard InChI is InChI=1S/C20H25FN4O/c1-3-22-20(25-14-16-7-9-18(21)10-8-16)24-12-11-23-19(26)17-6-4-5-15(2)13-17/h4-10,13H,3,11-12,14H2,1-2H3,(H,23,26)(H2,22,24,25). The van der Waals surface area contributed by atoms with Crippen LogP contribution in [0.3, 0.4) is 0 Å². The molecule has 26 heavy (non-hydrogen) atoms. The van der Waals surface area contributed by atoms with Crippen molar-refractivity contribution >= 4 is 11.9 Å². The van der Waals surface area contributed by atoms with E-state index in [0.29, 0.717) is 31.2 Å². The largest absolute Gasteiger partial charge is 0.357 e. The molecule has 0 heterocycles. The van der Waals surface area contributed by atoms with Gasteiger partial charge in [-0.05, 0) is 43.7 Å². The lowest BCUT2D eigenvalue weighted by molar-refractivity contribution is 0.0954. The van der Waals surface area contributed by atoms with Crippen LogP contribution in [0.4, 0.5) is 4.39 Å². The highest BCUT2D eigenvalue weighted by Crippen LogP contribution is 2.04. The summed E-state index contributed by atoms with van der Waals surface area (Å²) in [6.07, 6.45) is 0. The van der Waals surface area contributed by atoms with Crippen LogP contribution in [-0.4, -0.2) is 31.5 Å². The molecule has 0 aromatic heterocycles. The fraction of sp³-hybridized carbons (Fsp3) is 0.300. The highest BCUT2D eigenvalue weighted by Gasteiger charge is 2.04. The third-order valence-electron chi connectivity index (χ3n) is 3.66. The monoisotopic (exact) mass is 356 g/mol. The first-order valence-corrected chi connectivity index (χ1v) is 8.70. The van der Waals surface area contributed by atoms with Crippen molar-refractivity contribution in [2.75, 3.05) is 19.6 Å². The highest BCUT2D eigenvalue weighted by molar-refractivity contribution is 5.94. The van der Waals surface area contributed by atoms with Crippen molar-refractivity contribution in [2.24, 2.45) is 4.99 Å². The Balaban J connectivity index is 1.79. The molecule has 2 aromatic carbocycles. The van der Waals surface area contributed by atoms with Crippen LogP contribution in [0, 0.1) is 12.7 Å². The van der Waals surface area contributed by atoms with Gasteiger partial charge in [0.15, 0.2) is 5.96 Å². The summed E-state index contributed by atoms with van der Waals surface area (Å²) in [7, 11) is 0. The van der Waals surface area contributed by atoms with Gasteiger partial charge < -0.3 is 16.0 Å². The quantitative estimate of drug-likeness (QED) is 0.406. The molecule has 0 aliphatic rings. The summed E-state index contributed by atoms with van der Waals surface area (Å²) >= 11 is 0. The summed E-state index contributed by atoms with van der Waals surface area (Å²) in [4.78, 5) is 16.5. The molecule has 0 spiro atoms. The van der Waals surface area contributed by atoms with E-state index in [1.54, 1.807) is 18.2 Å². The van der Waals surface area contributed by atoms with Gasteiger partial charge in [0, 0.05) is 25.2 Å². The second-order valence-electron chi connectivity index (χ2n) is 5.87. The van der Waals surface area contributed by atoms with Crippen LogP contribution in [-0.2, 0) is 6.54 Å². The topological polar surface area (TPSA) is 65.5 Å². The second kappa shape index (κ2) is 10.2. The van der Waals surface area contributed by atoms with E-state index in [4.69, 9.17) is 0 Å². The van der Waals surface area contributed by atoms with Gasteiger partial charge in [-0.25, -0.2) is 9.38 Å². The van der Waals surface area contributed by atoms with Gasteiger partial charge in [-0.3, -0.25) is 4.79 Å². The van der Waals surface area contributed by atoms with E-state index < -0.39 is 0 Å². The Bertz CT molecular complexity index is 744. The Morgan fingerprint density at radius 3 is 2.46 bits per heavy atom. The zero-order chi connectivity index (χ0) is 18.8. The number of benzene rings is 2. The van der Waals surface area contributed by atoms with Gasteiger partial charge >= 0.3 is 0 Å². The minimum Gasteiger partial charge on any atom is -0.357 e. The molecule has 3 N–H and O–H groups in total. The van der Waals surface area contributed by atoms with Crippen LogP contribution < -0.4 is 16.0 Å². The molecule has 6 heteroatoms. The van der Waals surface area contributed by atoms with E-state index in [2.05, 4.69) is 20.9 Å². The van der Waals surface area contributed by atoms with E-state index in [1.165, 1.54) is 12.1 Å². The van der Waals surface area contributed by atoms with Crippen molar-refractivity contribution in [3.8, 4) is 0 Å². The summed E-state index contributed by atoms with van der Waals surface area (Å²) in [5.74, 6) is 0.303. The van der Waals surface area contributed by atoms with Crippen molar-refractivity contribution in [3.05, 3.63) is 71.0 Å². The first kappa shape index (κ1) is 19.4. The van der Waals surface area contributed by atoms with Crippen molar-refractivity contribution in [3.63, 3.8) is 0 Å². The molecule has 0 atom stereocenters. The van der Waals surface area contributed by atoms with Crippen molar-refractivity contribution < 1.29 is 9.18 Å². The molecule has 1 amide bonds. The lowest BCUT2D eigenvalue weighted by Crippen LogP contribution is -2.41. The van der Waals surface area contributed by atoms with Crippen LogP contribution in [0.15, 0.2) is 53.5 Å². The number of rotatable bonds is 7. The van der Waals surface area contributed by atoms with Crippen LogP contribution in [0.2, 0.25) is 0 Å². The van der Waals surface area contributed by atoms with Crippen molar-refractivity contribution in [2.45, 2.75) is 20.4 Å². The number of nitrogens with one attached hydrogen (secondary N) is 3. The molecule has 0 bridgehead atoms. The Morgan fingerprint density at radius 2 is 1.77 bits per heavy atom. The van der Waals surface area contributed by atoms with Gasteiger partial charge in [0.25, 0.3) is 5.91 Å². The molecule has 2 rings (SSSR count). The fourth-order valence-electron chi connectivity index (χ4n) is 2.35. The van der Waals surface area contributed by atoms with Gasteiger partial charge in [-0.15, -0.1) is 0 Å². The van der Waals surface area contributed by atoms with Gasteiger partial charge in [-0.1, -0.05) is 29.8 Å². The minimum atomic E-state index is -0.257. The van der Waals surface area contributed by atoms with E-state index in [-0.39, 0.29) is 11.7 Å². The molecule has 0 saturated carbocycles. The number of amides is 1. The SMILES string of the molecule is CCNC(=NCc1ccc(F)cc1)NCCNC(=O)c1cccc(C)c1. The molecular weight excluding hydrogens is 331 g/mol. The fourth-order valence-corrected chi connectivity index (χ4v) is 2.35. The average molecular weight is 356 g/mol. The number of aliphatic imine (C=N–C) groups is 1. The molecule has 0 fully saturated rings. The number of halogens is 1. The minimum absolute atomic E-state index is 0.0937. The molecule has 0 aliphatic heterocycles. The molecule has 0 radical (unpaired) electrons. The number of carbonyl (C=O) groups is 1. The normalized spacial score (nSPS) is 11.1. The lowest BCUT2D eigenvalue weighted by Gasteiger charge is -2.12. The van der Waals surface area contributed by atoms with Crippen LogP contribution >= 0.6 is 0 Å². The predicted molar refractivity (Wildman–Crippen MR) is 103 cm³/mol. The highest BCUT2D eigenvalue weighted by atomic mass is 19.1. The summed E-state index contributed by atoms with van der Waals surface area (Å²) in [5, 5.41) is 9.19. The second-order valence-corrected chi connectivity index (χ2v) is 5.87. The molecule has 5 nitrogen and oxygen atoms in total. The third-order valence-corrected chi connectivity index (χ3v) is 3.66. The first-order chi connectivity index (χ1) is 12.6. The Hall–Kier alpha value is -2.89. The van der Waals surface area contributed by atoms with Gasteiger partial charge in [0.05, 0.1) is 6.54 Å². The zero-order valence-electron chi connectivity index (χ0n) is 15.2. The van der Waals surface area contributed by atoms with Crippen LogP contribution in [0.1, 0.15) is 28.4 Å².